The van der Waals surface area contributed by atoms with Crippen LogP contribution in [0.1, 0.15) is 58.6 Å². The fourth-order valence-corrected chi connectivity index (χ4v) is 3.51. The molecule has 0 atom stereocenters. The van der Waals surface area contributed by atoms with Crippen LogP contribution >= 0.6 is 23.2 Å². The quantitative estimate of drug-likeness (QED) is 0.245. The predicted molar refractivity (Wildman–Crippen MR) is 139 cm³/mol. The first kappa shape index (κ1) is 29.2. The number of aryl methyl sites for hydroxylation is 1. The molecule has 0 aliphatic heterocycles. The van der Waals surface area contributed by atoms with E-state index in [9.17, 15) is 14.4 Å². The molecular formula is C25H31Cl2N3O6. The number of methoxy groups -OCH3 is 1. The summed E-state index contributed by atoms with van der Waals surface area (Å²) < 4.78 is 17.2. The highest BCUT2D eigenvalue weighted by atomic mass is 35.5. The van der Waals surface area contributed by atoms with Crippen molar-refractivity contribution in [1.29, 1.82) is 0 Å². The monoisotopic (exact) mass is 539 g/mol. The number of esters is 1. The number of imidazole rings is 1. The maximum Gasteiger partial charge on any atom is 0.424 e. The number of carbonyl (C=O) groups excluding carboxylic acids is 3. The van der Waals surface area contributed by atoms with E-state index in [0.29, 0.717) is 17.1 Å². The summed E-state index contributed by atoms with van der Waals surface area (Å²) in [4.78, 5) is 42.4. The molecule has 2 amide bonds. The second-order valence-electron chi connectivity index (χ2n) is 9.85. The van der Waals surface area contributed by atoms with Gasteiger partial charge >= 0.3 is 18.2 Å². The van der Waals surface area contributed by atoms with Gasteiger partial charge in [0.05, 0.1) is 25.0 Å². The number of halogens is 2. The molecule has 1 aromatic carbocycles. The van der Waals surface area contributed by atoms with Gasteiger partial charge in [0.25, 0.3) is 0 Å². The van der Waals surface area contributed by atoms with E-state index in [1.54, 1.807) is 65.2 Å². The summed E-state index contributed by atoms with van der Waals surface area (Å²) in [6, 6.07) is 4.70. The third-order valence-corrected chi connectivity index (χ3v) is 5.14. The lowest BCUT2D eigenvalue weighted by Crippen LogP contribution is -2.43. The maximum absolute atomic E-state index is 12.9. The zero-order valence-corrected chi connectivity index (χ0v) is 23.2. The predicted octanol–water partition coefficient (Wildman–Crippen LogP) is 6.41. The largest absolute Gasteiger partial charge is 0.466 e. The number of hydrogen-bond acceptors (Lipinski definition) is 7. The van der Waals surface area contributed by atoms with Crippen molar-refractivity contribution in [3.05, 3.63) is 51.5 Å². The summed E-state index contributed by atoms with van der Waals surface area (Å²) in [6.07, 6.45) is 0.952. The van der Waals surface area contributed by atoms with Crippen molar-refractivity contribution < 1.29 is 28.6 Å². The number of imide groups is 1. The van der Waals surface area contributed by atoms with Crippen LogP contribution in [0.2, 0.25) is 10.2 Å². The highest BCUT2D eigenvalue weighted by Gasteiger charge is 2.33. The summed E-state index contributed by atoms with van der Waals surface area (Å²) in [5.74, 6) is 0.0528. The highest BCUT2D eigenvalue weighted by Crippen LogP contribution is 2.29. The van der Waals surface area contributed by atoms with E-state index in [2.05, 4.69) is 9.72 Å². The van der Waals surface area contributed by atoms with Crippen LogP contribution in [0.3, 0.4) is 0 Å². The van der Waals surface area contributed by atoms with E-state index in [1.807, 2.05) is 0 Å². The van der Waals surface area contributed by atoms with Crippen LogP contribution < -0.4 is 4.90 Å². The molecular weight excluding hydrogens is 509 g/mol. The van der Waals surface area contributed by atoms with Gasteiger partial charge in [0.2, 0.25) is 0 Å². The minimum Gasteiger partial charge on any atom is -0.466 e. The van der Waals surface area contributed by atoms with Crippen LogP contribution in [-0.2, 0) is 25.5 Å². The van der Waals surface area contributed by atoms with Gasteiger partial charge in [-0.05, 0) is 72.2 Å². The summed E-state index contributed by atoms with van der Waals surface area (Å²) in [5, 5.41) is 0.484. The molecule has 2 aromatic rings. The molecule has 0 radical (unpaired) electrons. The Hall–Kier alpha value is -3.04. The third-order valence-electron chi connectivity index (χ3n) is 4.51. The summed E-state index contributed by atoms with van der Waals surface area (Å²) >= 11 is 12.8. The van der Waals surface area contributed by atoms with Gasteiger partial charge in [-0.1, -0.05) is 29.3 Å². The second-order valence-corrected chi connectivity index (χ2v) is 10.6. The Morgan fingerprint density at radius 3 is 2.06 bits per heavy atom. The van der Waals surface area contributed by atoms with Crippen molar-refractivity contribution in [1.82, 2.24) is 9.55 Å². The number of ether oxygens (including phenoxy) is 3. The third kappa shape index (κ3) is 7.99. The van der Waals surface area contributed by atoms with Crippen LogP contribution in [-0.4, -0.2) is 46.0 Å². The minimum atomic E-state index is -0.895. The Balaban J connectivity index is 2.44. The number of amides is 2. The number of benzene rings is 1. The Labute approximate surface area is 220 Å². The van der Waals surface area contributed by atoms with Crippen LogP contribution in [0.25, 0.3) is 6.08 Å². The first-order chi connectivity index (χ1) is 16.5. The van der Waals surface area contributed by atoms with Gasteiger partial charge in [0.15, 0.2) is 5.15 Å². The van der Waals surface area contributed by atoms with Crippen molar-refractivity contribution in [3.63, 3.8) is 0 Å². The average molecular weight is 540 g/mol. The number of nitrogens with zero attached hydrogens (tertiary/aromatic N) is 3. The highest BCUT2D eigenvalue weighted by molar-refractivity contribution is 6.32. The van der Waals surface area contributed by atoms with Crippen molar-refractivity contribution in [2.45, 2.75) is 66.2 Å². The number of anilines is 1. The molecule has 0 spiro atoms. The lowest BCUT2D eigenvalue weighted by atomic mass is 10.1. The normalized spacial score (nSPS) is 11.9. The Kier molecular flexibility index (Phi) is 9.20. The van der Waals surface area contributed by atoms with Crippen LogP contribution in [0.4, 0.5) is 15.3 Å². The van der Waals surface area contributed by atoms with Crippen LogP contribution in [0.5, 0.6) is 0 Å². The van der Waals surface area contributed by atoms with Crippen molar-refractivity contribution in [2.24, 2.45) is 0 Å². The molecule has 196 valence electrons. The SMILES string of the molecule is COC(=O)C=Cc1c(Cl)nc(C)n1Cc1ccc(N(C(=O)OC(C)(C)C)C(=O)OC(C)(C)C)cc1Cl. The molecule has 11 heteroatoms. The molecule has 0 N–H and O–H groups in total. The molecule has 0 unspecified atom stereocenters. The molecule has 9 nitrogen and oxygen atoms in total. The Bertz CT molecular complexity index is 1150. The fourth-order valence-electron chi connectivity index (χ4n) is 2.99. The van der Waals surface area contributed by atoms with E-state index in [0.717, 1.165) is 4.90 Å². The van der Waals surface area contributed by atoms with Gasteiger partial charge in [-0.2, -0.15) is 4.90 Å². The topological polar surface area (TPSA) is 100.0 Å². The molecule has 0 aliphatic rings. The Morgan fingerprint density at radius 1 is 1.03 bits per heavy atom. The smallest absolute Gasteiger partial charge is 0.424 e. The van der Waals surface area contributed by atoms with Gasteiger partial charge in [0.1, 0.15) is 17.0 Å². The van der Waals surface area contributed by atoms with Gasteiger partial charge in [0, 0.05) is 11.1 Å². The molecule has 0 aliphatic carbocycles. The van der Waals surface area contributed by atoms with Crippen molar-refractivity contribution in [3.8, 4) is 0 Å². The Morgan fingerprint density at radius 2 is 1.58 bits per heavy atom. The fraction of sp³-hybridized carbons (Fsp3) is 0.440. The van der Waals surface area contributed by atoms with E-state index < -0.39 is 29.4 Å². The molecule has 36 heavy (non-hydrogen) atoms. The zero-order valence-electron chi connectivity index (χ0n) is 21.6. The molecule has 1 heterocycles. The number of aromatic nitrogens is 2. The van der Waals surface area contributed by atoms with E-state index >= 15 is 0 Å². The first-order valence-electron chi connectivity index (χ1n) is 11.1. The number of hydrogen-bond donors (Lipinski definition) is 0. The number of rotatable bonds is 5. The second kappa shape index (κ2) is 11.3. The van der Waals surface area contributed by atoms with E-state index in [1.165, 1.54) is 25.3 Å². The van der Waals surface area contributed by atoms with E-state index in [4.69, 9.17) is 32.7 Å². The first-order valence-corrected chi connectivity index (χ1v) is 11.8. The van der Waals surface area contributed by atoms with Gasteiger partial charge in [-0.25, -0.2) is 19.4 Å². The average Bonchev–Trinajstić information content (AvgIpc) is 2.97. The summed E-state index contributed by atoms with van der Waals surface area (Å²) in [7, 11) is 1.27. The summed E-state index contributed by atoms with van der Waals surface area (Å²) in [5.41, 5.74) is -0.359. The van der Waals surface area contributed by atoms with Gasteiger partial charge in [-0.3, -0.25) is 0 Å². The maximum atomic E-state index is 12.9. The lowest BCUT2D eigenvalue weighted by molar-refractivity contribution is -0.134. The molecule has 0 saturated heterocycles. The molecule has 1 aromatic heterocycles. The van der Waals surface area contributed by atoms with Crippen LogP contribution in [0.15, 0.2) is 24.3 Å². The van der Waals surface area contributed by atoms with Crippen molar-refractivity contribution in [2.75, 3.05) is 12.0 Å². The van der Waals surface area contributed by atoms with Crippen molar-refractivity contribution >= 4 is 53.1 Å². The minimum absolute atomic E-state index is 0.179. The zero-order chi connectivity index (χ0) is 27.4. The van der Waals surface area contributed by atoms with Gasteiger partial charge < -0.3 is 18.8 Å². The molecule has 0 fully saturated rings. The van der Waals surface area contributed by atoms with Crippen LogP contribution in [0, 0.1) is 6.92 Å². The standard InChI is InChI=1S/C25H31Cl2N3O6/c1-15-28-21(27)19(11-12-20(31)34-8)29(15)14-16-9-10-17(13-18(16)26)30(22(32)35-24(2,3)4)23(33)36-25(5,6)7/h9-13H,14H2,1-8H3. The molecule has 0 saturated carbocycles. The van der Waals surface area contributed by atoms with Gasteiger partial charge in [-0.15, -0.1) is 0 Å². The number of carbonyl (C=O) groups is 3. The molecule has 0 bridgehead atoms. The molecule has 2 rings (SSSR count). The van der Waals surface area contributed by atoms with E-state index in [-0.39, 0.29) is 22.4 Å². The lowest BCUT2D eigenvalue weighted by Gasteiger charge is -2.28. The summed E-state index contributed by atoms with van der Waals surface area (Å²) in [6.45, 7) is 12.2.